The van der Waals surface area contributed by atoms with Gasteiger partial charge in [-0.3, -0.25) is 0 Å². The molecule has 0 atom stereocenters. The molecule has 2 aromatic heterocycles. The summed E-state index contributed by atoms with van der Waals surface area (Å²) in [6.45, 7) is 0. The van der Waals surface area contributed by atoms with E-state index in [2.05, 4.69) is 20.1 Å². The molecular weight excluding hydrogens is 226 g/mol. The standard InChI is InChI=1S/C9H9N5OS/c10-8(14-15)6-1-2-7(13-5-6)16-9-11-3-4-12-9/h1-5,15H,(H2,10,14)(H,11,12). The maximum Gasteiger partial charge on any atom is 0.171 e. The van der Waals surface area contributed by atoms with Crippen LogP contribution in [-0.2, 0) is 0 Å². The molecule has 0 spiro atoms. The maximum absolute atomic E-state index is 8.48. The fraction of sp³-hybridized carbons (Fsp3) is 0. The van der Waals surface area contributed by atoms with Crippen molar-refractivity contribution in [3.8, 4) is 0 Å². The molecule has 2 heterocycles. The lowest BCUT2D eigenvalue weighted by Gasteiger charge is -1.99. The van der Waals surface area contributed by atoms with Gasteiger partial charge in [-0.2, -0.15) is 0 Å². The number of nitrogens with two attached hydrogens (primary N) is 1. The molecule has 16 heavy (non-hydrogen) atoms. The van der Waals surface area contributed by atoms with Crippen LogP contribution in [-0.4, -0.2) is 26.0 Å². The SMILES string of the molecule is N/C(=N/O)c1ccc(Sc2ncc[nH]2)nc1. The lowest BCUT2D eigenvalue weighted by molar-refractivity contribution is 0.318. The molecule has 0 aliphatic carbocycles. The number of pyridine rings is 1. The number of hydrogen-bond donors (Lipinski definition) is 3. The van der Waals surface area contributed by atoms with Crippen molar-refractivity contribution >= 4 is 17.6 Å². The van der Waals surface area contributed by atoms with Crippen molar-refractivity contribution in [3.63, 3.8) is 0 Å². The van der Waals surface area contributed by atoms with E-state index in [0.717, 1.165) is 10.2 Å². The van der Waals surface area contributed by atoms with Crippen molar-refractivity contribution in [2.45, 2.75) is 10.2 Å². The first-order chi connectivity index (χ1) is 7.79. The molecule has 2 rings (SSSR count). The molecule has 2 aromatic rings. The van der Waals surface area contributed by atoms with Gasteiger partial charge in [0.2, 0.25) is 0 Å². The molecule has 0 saturated heterocycles. The summed E-state index contributed by atoms with van der Waals surface area (Å²) < 4.78 is 0. The molecule has 82 valence electrons. The Morgan fingerprint density at radius 3 is 2.88 bits per heavy atom. The summed E-state index contributed by atoms with van der Waals surface area (Å²) >= 11 is 1.40. The van der Waals surface area contributed by atoms with Crippen molar-refractivity contribution in [2.24, 2.45) is 10.9 Å². The van der Waals surface area contributed by atoms with E-state index in [1.165, 1.54) is 11.8 Å². The smallest absolute Gasteiger partial charge is 0.171 e. The molecule has 0 bridgehead atoms. The van der Waals surface area contributed by atoms with Crippen molar-refractivity contribution in [3.05, 3.63) is 36.3 Å². The molecular formula is C9H9N5OS. The number of oxime groups is 1. The molecule has 6 nitrogen and oxygen atoms in total. The van der Waals surface area contributed by atoms with Crippen LogP contribution in [0.3, 0.4) is 0 Å². The highest BCUT2D eigenvalue weighted by atomic mass is 32.2. The monoisotopic (exact) mass is 235 g/mol. The van der Waals surface area contributed by atoms with Gasteiger partial charge in [0.15, 0.2) is 11.0 Å². The molecule has 0 aliphatic rings. The lowest BCUT2D eigenvalue weighted by Crippen LogP contribution is -2.13. The van der Waals surface area contributed by atoms with Crippen molar-refractivity contribution < 1.29 is 5.21 Å². The second-order valence-corrected chi connectivity index (χ2v) is 3.88. The number of rotatable bonds is 3. The second kappa shape index (κ2) is 4.67. The van der Waals surface area contributed by atoms with E-state index in [4.69, 9.17) is 10.9 Å². The number of hydrogen-bond acceptors (Lipinski definition) is 5. The molecule has 0 radical (unpaired) electrons. The average molecular weight is 235 g/mol. The van der Waals surface area contributed by atoms with E-state index < -0.39 is 0 Å². The summed E-state index contributed by atoms with van der Waals surface area (Å²) in [5, 5.41) is 12.9. The van der Waals surface area contributed by atoms with Crippen LogP contribution in [0, 0.1) is 0 Å². The molecule has 0 aromatic carbocycles. The zero-order valence-electron chi connectivity index (χ0n) is 8.16. The van der Waals surface area contributed by atoms with Gasteiger partial charge in [-0.05, 0) is 23.9 Å². The third-order valence-corrected chi connectivity index (χ3v) is 2.68. The highest BCUT2D eigenvalue weighted by Gasteiger charge is 2.03. The Hall–Kier alpha value is -2.02. The van der Waals surface area contributed by atoms with Crippen molar-refractivity contribution in [1.29, 1.82) is 0 Å². The highest BCUT2D eigenvalue weighted by Crippen LogP contribution is 2.21. The molecule has 0 aliphatic heterocycles. The summed E-state index contributed by atoms with van der Waals surface area (Å²) in [4.78, 5) is 11.2. The van der Waals surface area contributed by atoms with E-state index in [9.17, 15) is 0 Å². The fourth-order valence-corrected chi connectivity index (χ4v) is 1.74. The highest BCUT2D eigenvalue weighted by molar-refractivity contribution is 7.99. The number of aromatic nitrogens is 3. The van der Waals surface area contributed by atoms with Gasteiger partial charge in [-0.1, -0.05) is 5.16 Å². The molecule has 0 saturated carbocycles. The summed E-state index contributed by atoms with van der Waals surface area (Å²) in [5.74, 6) is 0.0436. The van der Waals surface area contributed by atoms with Gasteiger partial charge >= 0.3 is 0 Å². The quantitative estimate of drug-likeness (QED) is 0.319. The van der Waals surface area contributed by atoms with Crippen molar-refractivity contribution in [2.75, 3.05) is 0 Å². The summed E-state index contributed by atoms with van der Waals surface area (Å²) in [6, 6.07) is 3.51. The van der Waals surface area contributed by atoms with Gasteiger partial charge in [0.05, 0.1) is 0 Å². The molecule has 4 N–H and O–H groups in total. The van der Waals surface area contributed by atoms with E-state index in [1.54, 1.807) is 30.7 Å². The zero-order chi connectivity index (χ0) is 11.4. The van der Waals surface area contributed by atoms with Crippen molar-refractivity contribution in [1.82, 2.24) is 15.0 Å². The Morgan fingerprint density at radius 2 is 2.31 bits per heavy atom. The summed E-state index contributed by atoms with van der Waals surface area (Å²) in [5.41, 5.74) is 5.99. The molecule has 0 fully saturated rings. The van der Waals surface area contributed by atoms with Gasteiger partial charge in [-0.15, -0.1) is 0 Å². The van der Waals surface area contributed by atoms with E-state index >= 15 is 0 Å². The van der Waals surface area contributed by atoms with Crippen LogP contribution < -0.4 is 5.73 Å². The van der Waals surface area contributed by atoms with Gasteiger partial charge in [0.25, 0.3) is 0 Å². The third-order valence-electron chi connectivity index (χ3n) is 1.81. The average Bonchev–Trinajstić information content (AvgIpc) is 2.82. The Bertz CT molecular complexity index is 479. The summed E-state index contributed by atoms with van der Waals surface area (Å²) in [7, 11) is 0. The van der Waals surface area contributed by atoms with Crippen LogP contribution in [0.1, 0.15) is 5.56 Å². The Balaban J connectivity index is 2.14. The number of imidazole rings is 1. The maximum atomic E-state index is 8.48. The minimum Gasteiger partial charge on any atom is -0.409 e. The summed E-state index contributed by atoms with van der Waals surface area (Å²) in [6.07, 6.45) is 4.96. The fourth-order valence-electron chi connectivity index (χ4n) is 1.06. The zero-order valence-corrected chi connectivity index (χ0v) is 8.98. The van der Waals surface area contributed by atoms with Crippen LogP contribution >= 0.6 is 11.8 Å². The van der Waals surface area contributed by atoms with Crippen LogP contribution in [0.2, 0.25) is 0 Å². The minimum absolute atomic E-state index is 0.0436. The third kappa shape index (κ3) is 2.31. The number of H-pyrrole nitrogens is 1. The predicted octanol–water partition coefficient (Wildman–Crippen LogP) is 1.05. The van der Waals surface area contributed by atoms with Gasteiger partial charge < -0.3 is 15.9 Å². The van der Waals surface area contributed by atoms with Gasteiger partial charge in [0.1, 0.15) is 5.03 Å². The van der Waals surface area contributed by atoms with E-state index in [-0.39, 0.29) is 5.84 Å². The van der Waals surface area contributed by atoms with Crippen LogP contribution in [0.5, 0.6) is 0 Å². The minimum atomic E-state index is 0.0436. The van der Waals surface area contributed by atoms with Crippen LogP contribution in [0.15, 0.2) is 46.1 Å². The number of nitrogens with one attached hydrogen (secondary N) is 1. The van der Waals surface area contributed by atoms with E-state index in [1.807, 2.05) is 0 Å². The Morgan fingerprint density at radius 1 is 1.44 bits per heavy atom. The number of amidine groups is 1. The van der Waals surface area contributed by atoms with Crippen LogP contribution in [0.4, 0.5) is 0 Å². The first-order valence-electron chi connectivity index (χ1n) is 4.41. The van der Waals surface area contributed by atoms with Gasteiger partial charge in [-0.25, -0.2) is 9.97 Å². The topological polar surface area (TPSA) is 100 Å². The first-order valence-corrected chi connectivity index (χ1v) is 5.22. The first kappa shape index (κ1) is 10.5. The lowest BCUT2D eigenvalue weighted by atomic mass is 10.3. The molecule has 0 unspecified atom stereocenters. The molecule has 0 amide bonds. The largest absolute Gasteiger partial charge is 0.409 e. The van der Waals surface area contributed by atoms with E-state index in [0.29, 0.717) is 5.56 Å². The Kier molecular flexibility index (Phi) is 3.06. The number of nitrogens with zero attached hydrogens (tertiary/aromatic N) is 3. The van der Waals surface area contributed by atoms with Gasteiger partial charge in [0, 0.05) is 24.2 Å². The van der Waals surface area contributed by atoms with Crippen LogP contribution in [0.25, 0.3) is 0 Å². The number of aromatic amines is 1. The normalized spacial score (nSPS) is 11.6. The second-order valence-electron chi connectivity index (χ2n) is 2.87. The molecule has 7 heteroatoms. The predicted molar refractivity (Wildman–Crippen MR) is 59.5 cm³/mol. The Labute approximate surface area is 95.6 Å².